The van der Waals surface area contributed by atoms with Gasteiger partial charge in [0, 0.05) is 59.0 Å². The number of nitrogens with zero attached hydrogens (tertiary/aromatic N) is 2. The topological polar surface area (TPSA) is 302 Å². The third kappa shape index (κ3) is 41.4. The molecular weight excluding hydrogens is 939 g/mol. The van der Waals surface area contributed by atoms with Crippen LogP contribution in [0.15, 0.2) is 29.2 Å². The Labute approximate surface area is 418 Å². The first-order valence-electron chi connectivity index (χ1n) is 24.1. The zero-order valence-corrected chi connectivity index (χ0v) is 42.5. The lowest BCUT2D eigenvalue weighted by Gasteiger charge is -2.22. The molecule has 0 saturated heterocycles. The van der Waals surface area contributed by atoms with Crippen molar-refractivity contribution >= 4 is 35.0 Å². The molecule has 1 aromatic rings. The van der Waals surface area contributed by atoms with Crippen LogP contribution in [0.3, 0.4) is 0 Å². The van der Waals surface area contributed by atoms with E-state index in [-0.39, 0.29) is 102 Å². The van der Waals surface area contributed by atoms with E-state index >= 15 is 0 Å². The highest BCUT2D eigenvalue weighted by atomic mass is 32.2. The summed E-state index contributed by atoms with van der Waals surface area (Å²) in [5.74, 6) is -1.11. The molecule has 24 nitrogen and oxygen atoms in total. The first-order chi connectivity index (χ1) is 34.2. The number of aryl methyl sites for hydroxylation is 1. The van der Waals surface area contributed by atoms with Gasteiger partial charge in [-0.2, -0.15) is 0 Å². The molecule has 1 aromatic carbocycles. The van der Waals surface area contributed by atoms with E-state index in [2.05, 4.69) is 26.0 Å². The van der Waals surface area contributed by atoms with Gasteiger partial charge in [0.15, 0.2) is 4.90 Å². The van der Waals surface area contributed by atoms with Gasteiger partial charge in [0.1, 0.15) is 0 Å². The zero-order chi connectivity index (χ0) is 51.0. The third-order valence-corrected chi connectivity index (χ3v) is 10.3. The van der Waals surface area contributed by atoms with E-state index in [4.69, 9.17) is 58.8 Å². The molecule has 0 heterocycles. The highest BCUT2D eigenvalue weighted by Gasteiger charge is 2.17. The van der Waals surface area contributed by atoms with Gasteiger partial charge in [-0.05, 0) is 31.5 Å². The van der Waals surface area contributed by atoms with Crippen LogP contribution in [0.25, 0.3) is 0 Å². The quantitative estimate of drug-likeness (QED) is 0.0250. The smallest absolute Gasteiger partial charge is 0.234 e. The summed E-state index contributed by atoms with van der Waals surface area (Å²) in [5, 5.41) is 11.2. The number of hydrogen-bond acceptors (Lipinski definition) is 20. The molecule has 9 N–H and O–H groups in total. The van der Waals surface area contributed by atoms with Crippen molar-refractivity contribution in [1.29, 1.82) is 0 Å². The van der Waals surface area contributed by atoms with E-state index < -0.39 is 11.4 Å². The van der Waals surface area contributed by atoms with Crippen molar-refractivity contribution < 1.29 is 71.1 Å². The predicted molar refractivity (Wildman–Crippen MR) is 262 cm³/mol. The van der Waals surface area contributed by atoms with Crippen molar-refractivity contribution in [2.45, 2.75) is 18.7 Å². The molecule has 1 unspecified atom stereocenters. The van der Waals surface area contributed by atoms with Crippen LogP contribution in [0.1, 0.15) is 12.5 Å². The van der Waals surface area contributed by atoms with E-state index in [0.717, 1.165) is 5.56 Å². The van der Waals surface area contributed by atoms with Crippen LogP contribution in [0.5, 0.6) is 0 Å². The summed E-state index contributed by atoms with van der Waals surface area (Å²) in [6.07, 6.45) is 0. The molecule has 70 heavy (non-hydrogen) atoms. The molecule has 0 aliphatic heterocycles. The number of amides is 4. The van der Waals surface area contributed by atoms with Gasteiger partial charge in [-0.15, -0.1) is 4.72 Å². The van der Waals surface area contributed by atoms with E-state index in [1.807, 2.05) is 38.1 Å². The molecular formula is C45H85N9O15S. The van der Waals surface area contributed by atoms with Gasteiger partial charge in [0.05, 0.1) is 170 Å². The number of hydrogen-bond donors (Lipinski definition) is 7. The number of nitrogens with two attached hydrogens (primary N) is 2. The lowest BCUT2D eigenvalue weighted by atomic mass is 10.2. The number of carbonyl (C=O) groups is 4. The molecule has 0 aliphatic rings. The summed E-state index contributed by atoms with van der Waals surface area (Å²) in [6, 6.07) is 7.49. The van der Waals surface area contributed by atoms with Crippen molar-refractivity contribution in [2.24, 2.45) is 11.5 Å². The van der Waals surface area contributed by atoms with E-state index in [9.17, 15) is 23.7 Å². The average Bonchev–Trinajstić information content (AvgIpc) is 3.34. The first-order valence-corrected chi connectivity index (χ1v) is 25.2. The maximum atomic E-state index is 12.9. The van der Waals surface area contributed by atoms with Crippen molar-refractivity contribution in [3.05, 3.63) is 29.8 Å². The van der Waals surface area contributed by atoms with Crippen molar-refractivity contribution in [3.8, 4) is 0 Å². The monoisotopic (exact) mass is 1020 g/mol. The molecule has 4 amide bonds. The van der Waals surface area contributed by atoms with Crippen LogP contribution < -0.4 is 37.5 Å². The molecule has 0 radical (unpaired) electrons. The molecule has 1 rings (SSSR count). The van der Waals surface area contributed by atoms with Gasteiger partial charge in [-0.1, -0.05) is 12.1 Å². The Bertz CT molecular complexity index is 1400. The SMILES string of the molecule is CCOCCOCCNC(=O)CN(CCOCCOCCN(CC(=O)NCCOCCOCCN)CC(=O)NCCOCCOCCN)CC(=O)NCCOCCOCCN[S+]([O-])c1cccc(C)c1. The van der Waals surface area contributed by atoms with E-state index in [0.29, 0.717) is 143 Å². The summed E-state index contributed by atoms with van der Waals surface area (Å²) in [7, 11) is 0. The molecule has 0 saturated carbocycles. The highest BCUT2D eigenvalue weighted by Crippen LogP contribution is 2.10. The molecule has 1 atom stereocenters. The second kappa shape index (κ2) is 48.1. The number of carbonyl (C=O) groups excluding carboxylic acids is 4. The van der Waals surface area contributed by atoms with Crippen molar-refractivity contribution in [1.82, 2.24) is 35.8 Å². The minimum atomic E-state index is -1.32. The Balaban J connectivity index is 2.49. The Morgan fingerprint density at radius 1 is 0.486 bits per heavy atom. The van der Waals surface area contributed by atoms with Gasteiger partial charge in [0.2, 0.25) is 23.6 Å². The fourth-order valence-corrected chi connectivity index (χ4v) is 6.67. The highest BCUT2D eigenvalue weighted by molar-refractivity contribution is 7.89. The summed E-state index contributed by atoms with van der Waals surface area (Å²) in [4.78, 5) is 55.2. The summed E-state index contributed by atoms with van der Waals surface area (Å²) in [5.41, 5.74) is 11.8. The summed E-state index contributed by atoms with van der Waals surface area (Å²) >= 11 is -1.32. The molecule has 406 valence electrons. The van der Waals surface area contributed by atoms with Crippen LogP contribution in [0, 0.1) is 6.92 Å². The van der Waals surface area contributed by atoms with Crippen molar-refractivity contribution in [3.63, 3.8) is 0 Å². The van der Waals surface area contributed by atoms with Crippen LogP contribution in [0.2, 0.25) is 0 Å². The van der Waals surface area contributed by atoms with Crippen LogP contribution in [0.4, 0.5) is 0 Å². The normalized spacial score (nSPS) is 11.9. The Morgan fingerprint density at radius 2 is 0.814 bits per heavy atom. The fourth-order valence-electron chi connectivity index (χ4n) is 5.74. The van der Waals surface area contributed by atoms with Gasteiger partial charge >= 0.3 is 0 Å². The summed E-state index contributed by atoms with van der Waals surface area (Å²) < 4.78 is 70.2. The van der Waals surface area contributed by atoms with Gasteiger partial charge in [-0.3, -0.25) is 29.0 Å². The number of rotatable bonds is 51. The molecule has 0 fully saturated rings. The van der Waals surface area contributed by atoms with Crippen LogP contribution in [-0.4, -0.2) is 255 Å². The number of nitrogens with one attached hydrogen (secondary N) is 5. The molecule has 25 heteroatoms. The minimum absolute atomic E-state index is 0.0401. The maximum Gasteiger partial charge on any atom is 0.234 e. The van der Waals surface area contributed by atoms with E-state index in [1.165, 1.54) is 0 Å². The maximum absolute atomic E-state index is 12.9. The molecule has 0 spiro atoms. The Hall–Kier alpha value is -3.19. The fraction of sp³-hybridized carbons (Fsp3) is 0.778. The standard InChI is InChI=1S/C45H85N9O15S/c1-3-60-25-26-63-18-9-48-42(55)36-53(39-45(58)51-12-21-66-31-32-67-22-13-52-70(59)41-6-4-5-40(2)35-41)14-23-68-33-34-69-24-15-54(37-43(56)49-10-19-64-29-27-61-16-7-46)38-44(57)50-11-20-65-30-28-62-17-8-47/h4-6,35,52H,3,7-34,36-39,46-47H2,1-2H3,(H,48,55)(H,49,56)(H,50,57)(H,51,58). The van der Waals surface area contributed by atoms with Gasteiger partial charge in [-0.25, -0.2) is 0 Å². The third-order valence-electron chi connectivity index (χ3n) is 9.12. The second-order valence-corrected chi connectivity index (χ2v) is 16.4. The van der Waals surface area contributed by atoms with E-state index in [1.54, 1.807) is 9.80 Å². The predicted octanol–water partition coefficient (Wildman–Crippen LogP) is -3.22. The van der Waals surface area contributed by atoms with Gasteiger partial charge < -0.3 is 84.7 Å². The zero-order valence-electron chi connectivity index (χ0n) is 41.7. The largest absolute Gasteiger partial charge is 0.593 e. The Kier molecular flexibility index (Phi) is 44.5. The first kappa shape index (κ1) is 64.8. The van der Waals surface area contributed by atoms with Crippen molar-refractivity contribution in [2.75, 3.05) is 217 Å². The number of ether oxygens (including phenoxy) is 10. The molecule has 0 aliphatic carbocycles. The average molecular weight is 1020 g/mol. The molecule has 0 aromatic heterocycles. The van der Waals surface area contributed by atoms with Crippen LogP contribution >= 0.6 is 0 Å². The lowest BCUT2D eigenvalue weighted by molar-refractivity contribution is -0.127. The molecule has 0 bridgehead atoms. The summed E-state index contributed by atoms with van der Waals surface area (Å²) in [6.45, 7) is 13.7. The van der Waals surface area contributed by atoms with Gasteiger partial charge in [0.25, 0.3) is 0 Å². The minimum Gasteiger partial charge on any atom is -0.593 e. The lowest BCUT2D eigenvalue weighted by Crippen LogP contribution is -2.45. The number of benzene rings is 1. The van der Waals surface area contributed by atoms with Crippen LogP contribution in [-0.2, 0) is 77.9 Å². The second-order valence-electron chi connectivity index (χ2n) is 15.1. The Morgan fingerprint density at radius 3 is 1.16 bits per heavy atom.